The van der Waals surface area contributed by atoms with Crippen LogP contribution in [0.3, 0.4) is 0 Å². The lowest BCUT2D eigenvalue weighted by atomic mass is 9.88. The van der Waals surface area contributed by atoms with Crippen LogP contribution in [0.4, 0.5) is 9.59 Å². The minimum atomic E-state index is -0.427. The number of carbonyl (C=O) groups excluding carboxylic acids is 2. The number of amides is 2. The molecule has 252 valence electrons. The molecule has 0 aromatic carbocycles. The van der Waals surface area contributed by atoms with Crippen LogP contribution < -0.4 is 0 Å². The van der Waals surface area contributed by atoms with E-state index in [1.54, 1.807) is 9.80 Å². The molecule has 10 heteroatoms. The van der Waals surface area contributed by atoms with E-state index in [4.69, 9.17) is 18.9 Å². The van der Waals surface area contributed by atoms with E-state index in [0.29, 0.717) is 38.3 Å². The number of carbonyl (C=O) groups is 2. The zero-order valence-electron chi connectivity index (χ0n) is 28.9. The molecule has 0 aromatic rings. The smallest absolute Gasteiger partial charge is 0.410 e. The highest BCUT2D eigenvalue weighted by molar-refractivity contribution is 5.70. The summed E-state index contributed by atoms with van der Waals surface area (Å²) in [5.74, 6) is 1.72. The molecule has 0 saturated carbocycles. The van der Waals surface area contributed by atoms with E-state index < -0.39 is 11.2 Å². The van der Waals surface area contributed by atoms with Crippen molar-refractivity contribution >= 4 is 12.2 Å². The van der Waals surface area contributed by atoms with Gasteiger partial charge in [0.15, 0.2) is 0 Å². The number of hydrogen-bond acceptors (Lipinski definition) is 8. The van der Waals surface area contributed by atoms with Crippen LogP contribution in [0, 0.1) is 11.8 Å². The molecule has 0 aliphatic carbocycles. The number of piperidine rings is 2. The maximum absolute atomic E-state index is 12.0. The van der Waals surface area contributed by atoms with Crippen molar-refractivity contribution in [1.29, 1.82) is 0 Å². The Labute approximate surface area is 266 Å². The van der Waals surface area contributed by atoms with Gasteiger partial charge in [0.25, 0.3) is 0 Å². The van der Waals surface area contributed by atoms with Crippen LogP contribution >= 0.6 is 0 Å². The van der Waals surface area contributed by atoms with Crippen LogP contribution in [0.15, 0.2) is 0 Å². The van der Waals surface area contributed by atoms with E-state index in [1.807, 2.05) is 41.5 Å². The van der Waals surface area contributed by atoms with Crippen LogP contribution in [-0.4, -0.2) is 132 Å². The van der Waals surface area contributed by atoms with Crippen molar-refractivity contribution in [2.45, 2.75) is 128 Å². The van der Waals surface area contributed by atoms with Crippen molar-refractivity contribution in [3.05, 3.63) is 0 Å². The molecule has 6 aliphatic heterocycles. The zero-order valence-corrected chi connectivity index (χ0v) is 28.9. The van der Waals surface area contributed by atoms with Crippen molar-refractivity contribution in [3.63, 3.8) is 0 Å². The van der Waals surface area contributed by atoms with Gasteiger partial charge in [-0.2, -0.15) is 0 Å². The molecule has 0 N–H and O–H groups in total. The first-order chi connectivity index (χ1) is 20.5. The van der Waals surface area contributed by atoms with Gasteiger partial charge in [0.1, 0.15) is 22.4 Å². The molecule has 0 aromatic heterocycles. The molecule has 2 amide bonds. The first kappa shape index (κ1) is 33.7. The molecule has 2 spiro atoms. The Morgan fingerprint density at radius 2 is 0.932 bits per heavy atom. The van der Waals surface area contributed by atoms with Crippen LogP contribution in [-0.2, 0) is 18.9 Å². The number of likely N-dealkylation sites (tertiary alicyclic amines) is 4. The fourth-order valence-corrected chi connectivity index (χ4v) is 7.55. The summed E-state index contributed by atoms with van der Waals surface area (Å²) in [5.41, 5.74) is -1.07. The van der Waals surface area contributed by atoms with Gasteiger partial charge in [-0.25, -0.2) is 9.59 Å². The first-order valence-corrected chi connectivity index (χ1v) is 17.2. The zero-order chi connectivity index (χ0) is 31.9. The molecular formula is C34H60N4O6. The fourth-order valence-electron chi connectivity index (χ4n) is 7.55. The van der Waals surface area contributed by atoms with E-state index in [1.165, 1.54) is 51.9 Å². The van der Waals surface area contributed by atoms with E-state index in [0.717, 1.165) is 37.9 Å². The monoisotopic (exact) mass is 620 g/mol. The third-order valence-electron chi connectivity index (χ3n) is 10.3. The van der Waals surface area contributed by atoms with Gasteiger partial charge in [-0.05, 0) is 118 Å². The summed E-state index contributed by atoms with van der Waals surface area (Å²) >= 11 is 0. The Bertz CT molecular complexity index is 916. The van der Waals surface area contributed by atoms with E-state index >= 15 is 0 Å². The maximum atomic E-state index is 12.0. The van der Waals surface area contributed by atoms with Crippen LogP contribution in [0.5, 0.6) is 0 Å². The fraction of sp³-hybridized carbons (Fsp3) is 0.941. The lowest BCUT2D eigenvalue weighted by molar-refractivity contribution is -0.109. The van der Waals surface area contributed by atoms with Crippen LogP contribution in [0.25, 0.3) is 0 Å². The number of ether oxygens (including phenoxy) is 4. The largest absolute Gasteiger partial charge is 0.444 e. The summed E-state index contributed by atoms with van der Waals surface area (Å²) in [5, 5.41) is 0. The summed E-state index contributed by atoms with van der Waals surface area (Å²) in [6, 6.07) is 1.07. The van der Waals surface area contributed by atoms with Gasteiger partial charge in [0.2, 0.25) is 0 Å². The van der Waals surface area contributed by atoms with Crippen molar-refractivity contribution in [3.8, 4) is 0 Å². The molecule has 0 radical (unpaired) electrons. The topological polar surface area (TPSA) is 84.0 Å². The second kappa shape index (κ2) is 12.9. The Kier molecular flexibility index (Phi) is 9.87. The number of hydrogen-bond donors (Lipinski definition) is 0. The van der Waals surface area contributed by atoms with Gasteiger partial charge >= 0.3 is 12.2 Å². The lowest BCUT2D eigenvalue weighted by Gasteiger charge is -2.47. The molecule has 44 heavy (non-hydrogen) atoms. The van der Waals surface area contributed by atoms with Gasteiger partial charge in [-0.15, -0.1) is 0 Å². The van der Waals surface area contributed by atoms with Crippen LogP contribution in [0.2, 0.25) is 0 Å². The third-order valence-corrected chi connectivity index (χ3v) is 10.3. The predicted octanol–water partition coefficient (Wildman–Crippen LogP) is 4.99. The average Bonchev–Trinajstić information content (AvgIpc) is 3.52. The minimum Gasteiger partial charge on any atom is -0.444 e. The van der Waals surface area contributed by atoms with Crippen molar-refractivity contribution in [2.75, 3.05) is 65.6 Å². The molecule has 6 aliphatic rings. The molecule has 10 nitrogen and oxygen atoms in total. The van der Waals surface area contributed by atoms with E-state index in [2.05, 4.69) is 23.6 Å². The maximum Gasteiger partial charge on any atom is 0.410 e. The van der Waals surface area contributed by atoms with Gasteiger partial charge in [-0.3, -0.25) is 9.80 Å². The predicted molar refractivity (Wildman–Crippen MR) is 170 cm³/mol. The van der Waals surface area contributed by atoms with E-state index in [-0.39, 0.29) is 23.4 Å². The summed E-state index contributed by atoms with van der Waals surface area (Å²) in [7, 11) is 0. The van der Waals surface area contributed by atoms with E-state index in [9.17, 15) is 9.59 Å². The van der Waals surface area contributed by atoms with Gasteiger partial charge in [-0.1, -0.05) is 13.8 Å². The summed E-state index contributed by atoms with van der Waals surface area (Å²) in [6.07, 6.45) is 6.89. The third kappa shape index (κ3) is 8.39. The Morgan fingerprint density at radius 1 is 0.614 bits per heavy atom. The Morgan fingerprint density at radius 3 is 1.23 bits per heavy atom. The lowest BCUT2D eigenvalue weighted by Crippen LogP contribution is -2.64. The highest BCUT2D eigenvalue weighted by atomic mass is 16.6. The average molecular weight is 621 g/mol. The summed E-state index contributed by atoms with van der Waals surface area (Å²) in [6.45, 7) is 25.2. The number of nitrogens with zero attached hydrogens (tertiary/aromatic N) is 4. The Balaban J connectivity index is 0.000000175. The van der Waals surface area contributed by atoms with Gasteiger partial charge in [0, 0.05) is 12.1 Å². The minimum absolute atomic E-state index is 0.107. The summed E-state index contributed by atoms with van der Waals surface area (Å²) < 4.78 is 23.0. The molecule has 6 heterocycles. The number of rotatable bonds is 2. The highest BCUT2D eigenvalue weighted by Crippen LogP contribution is 2.40. The molecular weight excluding hydrogens is 560 g/mol. The molecule has 0 bridgehead atoms. The second-order valence-electron chi connectivity index (χ2n) is 16.8. The molecule has 2 unspecified atom stereocenters. The molecule has 6 rings (SSSR count). The van der Waals surface area contributed by atoms with Gasteiger partial charge < -0.3 is 28.7 Å². The standard InChI is InChI=1S/2C17H30N2O3/c2*1-13-5-7-18(8-6-13)14-9-17(21-10-14)11-19(12-17)15(20)22-16(2,3)4/h2*13-14H,5-12H2,1-4H3. The normalized spacial score (nSPS) is 29.6. The molecule has 6 saturated heterocycles. The quantitative estimate of drug-likeness (QED) is 0.427. The van der Waals surface area contributed by atoms with Gasteiger partial charge in [0.05, 0.1) is 39.4 Å². The first-order valence-electron chi connectivity index (χ1n) is 17.2. The summed E-state index contributed by atoms with van der Waals surface area (Å²) in [4.78, 5) is 32.8. The van der Waals surface area contributed by atoms with Crippen molar-refractivity contribution in [1.82, 2.24) is 19.6 Å². The second-order valence-corrected chi connectivity index (χ2v) is 16.8. The Hall–Kier alpha value is -1.62. The molecule has 2 atom stereocenters. The SMILES string of the molecule is CC1CCN(C2COC3(C2)CN(C(=O)OC(C)(C)C)C3)CC1.CC1CCN(C2COC3(C2)CN(C(=O)OC(C)(C)C)C3)CC1. The highest BCUT2D eigenvalue weighted by Gasteiger charge is 2.54. The van der Waals surface area contributed by atoms with Crippen molar-refractivity contribution in [2.24, 2.45) is 11.8 Å². The van der Waals surface area contributed by atoms with Crippen LogP contribution in [0.1, 0.15) is 93.9 Å². The van der Waals surface area contributed by atoms with Crippen molar-refractivity contribution < 1.29 is 28.5 Å². The molecule has 6 fully saturated rings.